The smallest absolute Gasteiger partial charge is 0.146 e. The lowest BCUT2D eigenvalue weighted by atomic mass is 10.2. The molecule has 0 aliphatic rings. The molecular formula is C9H15N5. The lowest BCUT2D eigenvalue weighted by molar-refractivity contribution is 0.566. The Labute approximate surface area is 83.8 Å². The van der Waals surface area contributed by atoms with E-state index in [-0.39, 0.29) is 5.92 Å². The Morgan fingerprint density at radius 3 is 3.14 bits per heavy atom. The van der Waals surface area contributed by atoms with Gasteiger partial charge >= 0.3 is 0 Å². The molecule has 1 aromatic rings. The number of hydrogen-bond acceptors (Lipinski definition) is 4. The maximum absolute atomic E-state index is 8.57. The first kappa shape index (κ1) is 10.7. The van der Waals surface area contributed by atoms with Crippen LogP contribution >= 0.6 is 0 Å². The third-order valence-corrected chi connectivity index (χ3v) is 1.99. The van der Waals surface area contributed by atoms with Gasteiger partial charge in [-0.1, -0.05) is 0 Å². The van der Waals surface area contributed by atoms with Gasteiger partial charge in [0.05, 0.1) is 18.5 Å². The number of aryl methyl sites for hydroxylation is 1. The van der Waals surface area contributed by atoms with Crippen molar-refractivity contribution in [2.75, 3.05) is 6.54 Å². The number of aromatic nitrogens is 3. The molecule has 0 bridgehead atoms. The van der Waals surface area contributed by atoms with Crippen LogP contribution in [0.1, 0.15) is 19.7 Å². The van der Waals surface area contributed by atoms with E-state index in [1.54, 1.807) is 6.33 Å². The van der Waals surface area contributed by atoms with Gasteiger partial charge in [-0.25, -0.2) is 0 Å². The van der Waals surface area contributed by atoms with Gasteiger partial charge in [0.15, 0.2) is 0 Å². The molecule has 0 amide bonds. The van der Waals surface area contributed by atoms with Gasteiger partial charge in [-0.05, 0) is 13.8 Å². The van der Waals surface area contributed by atoms with Crippen molar-refractivity contribution in [1.82, 2.24) is 20.1 Å². The van der Waals surface area contributed by atoms with E-state index in [0.29, 0.717) is 13.1 Å². The minimum Gasteiger partial charge on any atom is -0.317 e. The third-order valence-electron chi connectivity index (χ3n) is 1.99. The van der Waals surface area contributed by atoms with E-state index in [4.69, 9.17) is 5.26 Å². The molecule has 1 N–H and O–H groups in total. The van der Waals surface area contributed by atoms with Gasteiger partial charge < -0.3 is 9.88 Å². The Bertz CT molecular complexity index is 311. The monoisotopic (exact) mass is 193 g/mol. The predicted octanol–water partition coefficient (Wildman–Crippen LogP) is 0.547. The molecule has 0 saturated carbocycles. The highest BCUT2D eigenvalue weighted by atomic mass is 15.3. The molecule has 1 rings (SSSR count). The molecule has 0 fully saturated rings. The minimum atomic E-state index is 0.0352. The first-order valence-corrected chi connectivity index (χ1v) is 4.75. The van der Waals surface area contributed by atoms with Gasteiger partial charge in [-0.3, -0.25) is 0 Å². The normalized spacial score (nSPS) is 12.4. The first-order valence-electron chi connectivity index (χ1n) is 4.75. The summed E-state index contributed by atoms with van der Waals surface area (Å²) in [6.45, 7) is 6.16. The van der Waals surface area contributed by atoms with Crippen LogP contribution in [0, 0.1) is 17.2 Å². The van der Waals surface area contributed by atoms with E-state index in [1.165, 1.54) is 0 Å². The van der Waals surface area contributed by atoms with Crippen LogP contribution in [0.15, 0.2) is 6.33 Å². The highest BCUT2D eigenvalue weighted by Gasteiger charge is 2.03. The number of hydrogen-bond donors (Lipinski definition) is 1. The number of nitrogens with zero attached hydrogens (tertiary/aromatic N) is 4. The fourth-order valence-corrected chi connectivity index (χ4v) is 1.13. The zero-order valence-electron chi connectivity index (χ0n) is 8.56. The van der Waals surface area contributed by atoms with Crippen LogP contribution < -0.4 is 5.32 Å². The molecule has 1 heterocycles. The summed E-state index contributed by atoms with van der Waals surface area (Å²) in [5, 5.41) is 19.5. The Morgan fingerprint density at radius 2 is 2.50 bits per heavy atom. The maximum atomic E-state index is 8.57. The summed E-state index contributed by atoms with van der Waals surface area (Å²) >= 11 is 0. The van der Waals surface area contributed by atoms with Gasteiger partial charge in [-0.2, -0.15) is 5.26 Å². The summed E-state index contributed by atoms with van der Waals surface area (Å²) < 4.78 is 1.98. The number of nitriles is 1. The average molecular weight is 193 g/mol. The first-order chi connectivity index (χ1) is 6.77. The predicted molar refractivity (Wildman–Crippen MR) is 52.2 cm³/mol. The standard InChI is InChI=1S/C9H15N5/c1-3-14-7-12-13-9(14)6-11-5-8(2)4-10/h7-8,11H,3,5-6H2,1-2H3. The van der Waals surface area contributed by atoms with E-state index in [1.807, 2.05) is 18.4 Å². The van der Waals surface area contributed by atoms with Gasteiger partial charge in [0, 0.05) is 13.1 Å². The molecule has 5 heteroatoms. The van der Waals surface area contributed by atoms with Crippen LogP contribution in [-0.4, -0.2) is 21.3 Å². The van der Waals surface area contributed by atoms with E-state index in [9.17, 15) is 0 Å². The van der Waals surface area contributed by atoms with Crippen molar-refractivity contribution < 1.29 is 0 Å². The summed E-state index contributed by atoms with van der Waals surface area (Å²) in [6.07, 6.45) is 1.71. The van der Waals surface area contributed by atoms with E-state index in [0.717, 1.165) is 12.4 Å². The SMILES string of the molecule is CCn1cnnc1CNCC(C)C#N. The van der Waals surface area contributed by atoms with Gasteiger partial charge in [0.1, 0.15) is 12.2 Å². The molecule has 1 atom stereocenters. The van der Waals surface area contributed by atoms with Crippen molar-refractivity contribution in [3.05, 3.63) is 12.2 Å². The second-order valence-electron chi connectivity index (χ2n) is 3.19. The second kappa shape index (κ2) is 5.35. The minimum absolute atomic E-state index is 0.0352. The summed E-state index contributed by atoms with van der Waals surface area (Å²) in [5.41, 5.74) is 0. The molecule has 0 aliphatic heterocycles. The van der Waals surface area contributed by atoms with Gasteiger partial charge in [0.2, 0.25) is 0 Å². The van der Waals surface area contributed by atoms with Crippen molar-refractivity contribution >= 4 is 0 Å². The largest absolute Gasteiger partial charge is 0.317 e. The Morgan fingerprint density at radius 1 is 1.71 bits per heavy atom. The highest BCUT2D eigenvalue weighted by molar-refractivity contribution is 4.86. The van der Waals surface area contributed by atoms with Crippen LogP contribution in [0.5, 0.6) is 0 Å². The second-order valence-corrected chi connectivity index (χ2v) is 3.19. The third kappa shape index (κ3) is 2.82. The molecule has 0 radical (unpaired) electrons. The van der Waals surface area contributed by atoms with Crippen LogP contribution in [0.2, 0.25) is 0 Å². The summed E-state index contributed by atoms with van der Waals surface area (Å²) in [4.78, 5) is 0. The zero-order chi connectivity index (χ0) is 10.4. The quantitative estimate of drug-likeness (QED) is 0.741. The Balaban J connectivity index is 2.35. The summed E-state index contributed by atoms with van der Waals surface area (Å²) in [6, 6.07) is 2.17. The van der Waals surface area contributed by atoms with Crippen molar-refractivity contribution in [3.8, 4) is 6.07 Å². The lowest BCUT2D eigenvalue weighted by Crippen LogP contribution is -2.21. The summed E-state index contributed by atoms with van der Waals surface area (Å²) in [5.74, 6) is 0.950. The molecule has 0 saturated heterocycles. The van der Waals surface area contributed by atoms with Gasteiger partial charge in [-0.15, -0.1) is 10.2 Å². The van der Waals surface area contributed by atoms with Crippen molar-refractivity contribution in [2.24, 2.45) is 5.92 Å². The molecule has 0 aliphatic carbocycles. The summed E-state index contributed by atoms with van der Waals surface area (Å²) in [7, 11) is 0. The topological polar surface area (TPSA) is 66.5 Å². The fourth-order valence-electron chi connectivity index (χ4n) is 1.13. The van der Waals surface area contributed by atoms with Crippen molar-refractivity contribution in [1.29, 1.82) is 5.26 Å². The molecule has 5 nitrogen and oxygen atoms in total. The van der Waals surface area contributed by atoms with E-state index >= 15 is 0 Å². The average Bonchev–Trinajstić information content (AvgIpc) is 2.65. The molecule has 0 spiro atoms. The van der Waals surface area contributed by atoms with Crippen LogP contribution in [-0.2, 0) is 13.1 Å². The van der Waals surface area contributed by atoms with Gasteiger partial charge in [0.25, 0.3) is 0 Å². The maximum Gasteiger partial charge on any atom is 0.146 e. The molecule has 76 valence electrons. The molecular weight excluding hydrogens is 178 g/mol. The molecule has 1 aromatic heterocycles. The van der Waals surface area contributed by atoms with E-state index < -0.39 is 0 Å². The molecule has 14 heavy (non-hydrogen) atoms. The number of nitrogens with one attached hydrogen (secondary N) is 1. The van der Waals surface area contributed by atoms with E-state index in [2.05, 4.69) is 21.6 Å². The van der Waals surface area contributed by atoms with Crippen LogP contribution in [0.4, 0.5) is 0 Å². The Kier molecular flexibility index (Phi) is 4.08. The zero-order valence-corrected chi connectivity index (χ0v) is 8.56. The number of rotatable bonds is 5. The highest BCUT2D eigenvalue weighted by Crippen LogP contribution is 1.95. The van der Waals surface area contributed by atoms with Crippen LogP contribution in [0.25, 0.3) is 0 Å². The lowest BCUT2D eigenvalue weighted by Gasteiger charge is -2.05. The van der Waals surface area contributed by atoms with Crippen molar-refractivity contribution in [2.45, 2.75) is 26.9 Å². The Hall–Kier alpha value is -1.41. The molecule has 1 unspecified atom stereocenters. The molecule has 0 aromatic carbocycles. The fraction of sp³-hybridized carbons (Fsp3) is 0.667. The van der Waals surface area contributed by atoms with Crippen molar-refractivity contribution in [3.63, 3.8) is 0 Å². The van der Waals surface area contributed by atoms with Crippen LogP contribution in [0.3, 0.4) is 0 Å².